The van der Waals surface area contributed by atoms with E-state index in [-0.39, 0.29) is 34.2 Å². The summed E-state index contributed by atoms with van der Waals surface area (Å²) in [4.78, 5) is 40.0. The van der Waals surface area contributed by atoms with Crippen molar-refractivity contribution in [2.75, 3.05) is 10.7 Å². The topological polar surface area (TPSA) is 113 Å². The van der Waals surface area contributed by atoms with Crippen LogP contribution in [0.15, 0.2) is 65.6 Å². The number of esters is 1. The second-order valence-electron chi connectivity index (χ2n) is 8.18. The van der Waals surface area contributed by atoms with Crippen molar-refractivity contribution in [1.82, 2.24) is 0 Å². The van der Waals surface area contributed by atoms with Gasteiger partial charge >= 0.3 is 5.97 Å². The molecule has 0 radical (unpaired) electrons. The number of anilines is 1. The summed E-state index contributed by atoms with van der Waals surface area (Å²) < 4.78 is 12.0. The first-order valence-electron chi connectivity index (χ1n) is 10.8. The zero-order chi connectivity index (χ0) is 24.5. The maximum Gasteiger partial charge on any atom is 0.340 e. The maximum absolute atomic E-state index is 13.2. The largest absolute Gasteiger partial charge is 0.508 e. The van der Waals surface area contributed by atoms with E-state index in [1.807, 2.05) is 6.92 Å². The fraction of sp³-hybridized carbons (Fsp3) is 0.115. The van der Waals surface area contributed by atoms with Crippen molar-refractivity contribution in [2.24, 2.45) is 0 Å². The minimum absolute atomic E-state index is 0.0401. The number of nitrogens with zero attached hydrogens (tertiary/aromatic N) is 1. The predicted molar refractivity (Wildman–Crippen MR) is 127 cm³/mol. The molecule has 0 bridgehead atoms. The Morgan fingerprint density at radius 3 is 2.14 bits per heavy atom. The van der Waals surface area contributed by atoms with E-state index in [1.54, 1.807) is 24.3 Å². The number of carbonyl (C=O) groups is 3. The van der Waals surface area contributed by atoms with Crippen LogP contribution in [0.3, 0.4) is 0 Å². The predicted octanol–water partition coefficient (Wildman–Crippen LogP) is 4.18. The number of phenols is 2. The lowest BCUT2D eigenvalue weighted by Crippen LogP contribution is -2.33. The van der Waals surface area contributed by atoms with Crippen LogP contribution in [0.4, 0.5) is 5.69 Å². The van der Waals surface area contributed by atoms with E-state index in [0.29, 0.717) is 27.3 Å². The number of imide groups is 1. The number of fused-ring (bicyclic) bond motifs is 6. The lowest BCUT2D eigenvalue weighted by Gasteiger charge is -2.36. The van der Waals surface area contributed by atoms with Gasteiger partial charge in [-0.25, -0.2) is 9.69 Å². The lowest BCUT2D eigenvalue weighted by molar-refractivity contribution is -0.120. The van der Waals surface area contributed by atoms with Gasteiger partial charge in [0.25, 0.3) is 11.8 Å². The van der Waals surface area contributed by atoms with Gasteiger partial charge in [0.05, 0.1) is 16.2 Å². The standard InChI is InChI=1S/C26H17NO7S/c1-2-35-22-12-23(30)27(24(22)31)13-3-6-17-16(9-13)25(32)34-26(17)18-7-4-14(28)10-20(18)33-21-11-15(29)5-8-19(21)26/h3-12,28-29H,2H2,1H3. The summed E-state index contributed by atoms with van der Waals surface area (Å²) >= 11 is 1.28. The van der Waals surface area contributed by atoms with Gasteiger partial charge in [-0.2, -0.15) is 0 Å². The molecule has 6 rings (SSSR count). The third kappa shape index (κ3) is 2.91. The van der Waals surface area contributed by atoms with Gasteiger partial charge in [0.1, 0.15) is 23.0 Å². The second-order valence-corrected chi connectivity index (χ2v) is 9.49. The molecule has 9 heteroatoms. The molecule has 0 aromatic heterocycles. The minimum Gasteiger partial charge on any atom is -0.508 e. The van der Waals surface area contributed by atoms with Gasteiger partial charge in [0, 0.05) is 34.9 Å². The monoisotopic (exact) mass is 487 g/mol. The molecule has 0 saturated carbocycles. The summed E-state index contributed by atoms with van der Waals surface area (Å²) in [6.07, 6.45) is 1.30. The van der Waals surface area contributed by atoms with Crippen molar-refractivity contribution in [3.05, 3.63) is 87.8 Å². The van der Waals surface area contributed by atoms with Crippen LogP contribution >= 0.6 is 11.8 Å². The number of hydrogen-bond donors (Lipinski definition) is 2. The van der Waals surface area contributed by atoms with Crippen LogP contribution in [0, 0.1) is 0 Å². The number of amides is 2. The molecular formula is C26H17NO7S. The van der Waals surface area contributed by atoms with Crippen LogP contribution in [-0.2, 0) is 19.9 Å². The molecule has 174 valence electrons. The molecule has 3 aliphatic rings. The number of benzene rings is 3. The fourth-order valence-electron chi connectivity index (χ4n) is 4.78. The quantitative estimate of drug-likeness (QED) is 0.418. The number of aromatic hydroxyl groups is 2. The third-order valence-electron chi connectivity index (χ3n) is 6.20. The highest BCUT2D eigenvalue weighted by Crippen LogP contribution is 2.57. The van der Waals surface area contributed by atoms with Crippen LogP contribution in [0.2, 0.25) is 0 Å². The molecule has 0 unspecified atom stereocenters. The third-order valence-corrected chi connectivity index (χ3v) is 7.10. The molecule has 2 N–H and O–H groups in total. The van der Waals surface area contributed by atoms with Gasteiger partial charge < -0.3 is 19.7 Å². The number of thioether (sulfide) groups is 1. The number of rotatable bonds is 3. The molecule has 1 spiro atoms. The average molecular weight is 487 g/mol. The molecule has 8 nitrogen and oxygen atoms in total. The molecule has 0 fully saturated rings. The zero-order valence-corrected chi connectivity index (χ0v) is 19.1. The highest BCUT2D eigenvalue weighted by Gasteiger charge is 2.54. The Kier molecular flexibility index (Phi) is 4.49. The van der Waals surface area contributed by atoms with Gasteiger partial charge in [-0.05, 0) is 42.2 Å². The Balaban J connectivity index is 1.53. The summed E-state index contributed by atoms with van der Waals surface area (Å²) in [6, 6.07) is 13.7. The van der Waals surface area contributed by atoms with E-state index in [1.165, 1.54) is 48.2 Å². The Hall–Kier alpha value is -4.24. The normalized spacial score (nSPS) is 17.0. The summed E-state index contributed by atoms with van der Waals surface area (Å²) in [6.45, 7) is 1.89. The Morgan fingerprint density at radius 2 is 1.51 bits per heavy atom. The molecule has 2 amide bonds. The Morgan fingerprint density at radius 1 is 0.886 bits per heavy atom. The van der Waals surface area contributed by atoms with Crippen molar-refractivity contribution in [3.8, 4) is 23.0 Å². The molecule has 35 heavy (non-hydrogen) atoms. The number of ether oxygens (including phenoxy) is 2. The molecular weight excluding hydrogens is 470 g/mol. The smallest absolute Gasteiger partial charge is 0.340 e. The van der Waals surface area contributed by atoms with Crippen molar-refractivity contribution >= 4 is 35.2 Å². The highest BCUT2D eigenvalue weighted by molar-refractivity contribution is 8.04. The van der Waals surface area contributed by atoms with Crippen molar-refractivity contribution in [3.63, 3.8) is 0 Å². The summed E-state index contributed by atoms with van der Waals surface area (Å²) in [5.41, 5.74) is 0.522. The van der Waals surface area contributed by atoms with Gasteiger partial charge in [-0.1, -0.05) is 13.0 Å². The van der Waals surface area contributed by atoms with Crippen molar-refractivity contribution in [2.45, 2.75) is 12.5 Å². The number of carbonyl (C=O) groups excluding carboxylic acids is 3. The SMILES string of the molecule is CCSC1=CC(=O)N(c2ccc3c(c2)C(=O)OC32c3ccc(O)cc3Oc3cc(O)ccc32)C1=O. The average Bonchev–Trinajstić information content (AvgIpc) is 3.26. The van der Waals surface area contributed by atoms with E-state index in [0.717, 1.165) is 4.90 Å². The first kappa shape index (κ1) is 21.3. The molecule has 3 aliphatic heterocycles. The molecule has 0 atom stereocenters. The van der Waals surface area contributed by atoms with Gasteiger partial charge in [-0.3, -0.25) is 9.59 Å². The lowest BCUT2D eigenvalue weighted by atomic mass is 9.77. The summed E-state index contributed by atoms with van der Waals surface area (Å²) in [7, 11) is 0. The molecule has 0 aliphatic carbocycles. The second kappa shape index (κ2) is 7.38. The zero-order valence-electron chi connectivity index (χ0n) is 18.3. The first-order valence-corrected chi connectivity index (χ1v) is 11.8. The van der Waals surface area contributed by atoms with E-state index in [4.69, 9.17) is 9.47 Å². The van der Waals surface area contributed by atoms with Gasteiger partial charge in [0.15, 0.2) is 5.60 Å². The van der Waals surface area contributed by atoms with E-state index >= 15 is 0 Å². The maximum atomic E-state index is 13.2. The van der Waals surface area contributed by atoms with Crippen molar-refractivity contribution < 1.29 is 34.1 Å². The van der Waals surface area contributed by atoms with Crippen LogP contribution in [0.1, 0.15) is 34.0 Å². The number of hydrogen-bond acceptors (Lipinski definition) is 8. The van der Waals surface area contributed by atoms with E-state index in [2.05, 4.69) is 0 Å². The molecule has 0 saturated heterocycles. The van der Waals surface area contributed by atoms with E-state index in [9.17, 15) is 24.6 Å². The van der Waals surface area contributed by atoms with Crippen LogP contribution in [0.25, 0.3) is 0 Å². The van der Waals surface area contributed by atoms with Crippen LogP contribution in [-0.4, -0.2) is 33.7 Å². The molecule has 3 aromatic carbocycles. The Bertz CT molecular complexity index is 1460. The van der Waals surface area contributed by atoms with E-state index < -0.39 is 23.4 Å². The summed E-state index contributed by atoms with van der Waals surface area (Å²) in [5, 5.41) is 20.0. The first-order chi connectivity index (χ1) is 16.8. The molecule has 3 heterocycles. The van der Waals surface area contributed by atoms with Gasteiger partial charge in [-0.15, -0.1) is 11.8 Å². The summed E-state index contributed by atoms with van der Waals surface area (Å²) in [5.74, 6) is -0.453. The highest BCUT2D eigenvalue weighted by atomic mass is 32.2. The fourth-order valence-corrected chi connectivity index (χ4v) is 5.49. The van der Waals surface area contributed by atoms with Gasteiger partial charge in [0.2, 0.25) is 0 Å². The Labute approximate surface area is 203 Å². The number of phenolic OH excluding ortho intramolecular Hbond substituents is 2. The van der Waals surface area contributed by atoms with Crippen LogP contribution < -0.4 is 9.64 Å². The van der Waals surface area contributed by atoms with Crippen LogP contribution in [0.5, 0.6) is 23.0 Å². The molecule has 3 aromatic rings. The van der Waals surface area contributed by atoms with Crippen molar-refractivity contribution in [1.29, 1.82) is 0 Å². The minimum atomic E-state index is -1.41.